The van der Waals surface area contributed by atoms with Gasteiger partial charge in [0.2, 0.25) is 11.8 Å². The minimum absolute atomic E-state index is 0.138. The molecule has 36 heavy (non-hydrogen) atoms. The van der Waals surface area contributed by atoms with Crippen LogP contribution in [0, 0.1) is 17.8 Å². The van der Waals surface area contributed by atoms with Crippen molar-refractivity contribution >= 4 is 23.4 Å². The Hall–Kier alpha value is -3.45. The summed E-state index contributed by atoms with van der Waals surface area (Å²) >= 11 is 0. The molecule has 2 aliphatic heterocycles. The molecular weight excluding hydrogens is 452 g/mol. The molecule has 1 aliphatic carbocycles. The molecule has 7 nitrogen and oxygen atoms in total. The summed E-state index contributed by atoms with van der Waals surface area (Å²) in [6.07, 6.45) is 7.59. The second kappa shape index (κ2) is 10.7. The van der Waals surface area contributed by atoms with Crippen LogP contribution in [0.15, 0.2) is 60.7 Å². The van der Waals surface area contributed by atoms with Crippen molar-refractivity contribution in [3.8, 4) is 0 Å². The fourth-order valence-corrected chi connectivity index (χ4v) is 5.29. The highest BCUT2D eigenvalue weighted by atomic mass is 16.2. The molecule has 5 rings (SSSR count). The number of fused-ring (bicyclic) bond motifs is 1. The third-order valence-electron chi connectivity index (χ3n) is 7.65. The maximum atomic E-state index is 13.0. The van der Waals surface area contributed by atoms with Crippen LogP contribution in [0.5, 0.6) is 0 Å². The topological polar surface area (TPSA) is 81.8 Å². The highest BCUT2D eigenvalue weighted by molar-refractivity contribution is 6.05. The number of likely N-dealkylation sites (tertiary alicyclic amines) is 1. The number of nitrogens with one attached hydrogen (secondary N) is 2. The molecule has 2 aromatic carbocycles. The quantitative estimate of drug-likeness (QED) is 0.609. The van der Waals surface area contributed by atoms with Crippen molar-refractivity contribution in [2.24, 2.45) is 17.8 Å². The summed E-state index contributed by atoms with van der Waals surface area (Å²) < 4.78 is 0. The Bertz CT molecular complexity index is 1150. The number of hydrazine groups is 1. The molecular formula is C29H34N4O3. The second-order valence-corrected chi connectivity index (χ2v) is 10.3. The number of carbonyl (C=O) groups excluding carboxylic acids is 3. The Morgan fingerprint density at radius 2 is 1.67 bits per heavy atom. The summed E-state index contributed by atoms with van der Waals surface area (Å²) in [4.78, 5) is 41.0. The van der Waals surface area contributed by atoms with Gasteiger partial charge in [-0.2, -0.15) is 0 Å². The molecule has 2 atom stereocenters. The number of anilines is 1. The molecule has 3 amide bonds. The van der Waals surface area contributed by atoms with Gasteiger partial charge in [0, 0.05) is 18.7 Å². The summed E-state index contributed by atoms with van der Waals surface area (Å²) in [5.41, 5.74) is 5.97. The van der Waals surface area contributed by atoms with Crippen molar-refractivity contribution in [2.75, 3.05) is 18.1 Å². The molecule has 2 fully saturated rings. The number of allylic oxidation sites excluding steroid dienone is 2. The standard InChI is InChI=1S/C29H34N4O3/c1-20-13-15-32(16-14-20)19-22-11-9-21(10-12-22)18-30-27(34)23-5-4-6-24(17-23)33-29(36)26-8-3-2-7-25(26)28(35)31-33/h2-6,9-12,17,20,25-26H,7-8,13-16,18-19H2,1H3,(H,30,34)(H,31,35). The number of rotatable bonds is 6. The summed E-state index contributed by atoms with van der Waals surface area (Å²) in [5.74, 6) is -0.369. The Labute approximate surface area is 212 Å². The lowest BCUT2D eigenvalue weighted by molar-refractivity contribution is -0.139. The molecule has 2 saturated heterocycles. The van der Waals surface area contributed by atoms with Crippen LogP contribution in [-0.2, 0) is 22.7 Å². The number of hydrogen-bond donors (Lipinski definition) is 2. The number of piperidine rings is 1. The molecule has 0 bridgehead atoms. The lowest BCUT2D eigenvalue weighted by Gasteiger charge is -2.38. The van der Waals surface area contributed by atoms with E-state index in [4.69, 9.17) is 0 Å². The van der Waals surface area contributed by atoms with Crippen molar-refractivity contribution < 1.29 is 14.4 Å². The van der Waals surface area contributed by atoms with Crippen LogP contribution >= 0.6 is 0 Å². The monoisotopic (exact) mass is 486 g/mol. The predicted octanol–water partition coefficient (Wildman–Crippen LogP) is 3.81. The van der Waals surface area contributed by atoms with Gasteiger partial charge in [0.25, 0.3) is 5.91 Å². The predicted molar refractivity (Wildman–Crippen MR) is 139 cm³/mol. The maximum Gasteiger partial charge on any atom is 0.251 e. The first-order chi connectivity index (χ1) is 17.5. The van der Waals surface area contributed by atoms with E-state index in [1.54, 1.807) is 24.3 Å². The Balaban J connectivity index is 1.18. The van der Waals surface area contributed by atoms with E-state index in [2.05, 4.69) is 46.8 Å². The first kappa shape index (κ1) is 24.3. The van der Waals surface area contributed by atoms with Crippen LogP contribution in [-0.4, -0.2) is 35.7 Å². The van der Waals surface area contributed by atoms with Gasteiger partial charge >= 0.3 is 0 Å². The fraction of sp³-hybridized carbons (Fsp3) is 0.414. The normalized spacial score (nSPS) is 22.8. The van der Waals surface area contributed by atoms with Gasteiger partial charge in [-0.15, -0.1) is 0 Å². The summed E-state index contributed by atoms with van der Waals surface area (Å²) in [5, 5.41) is 4.26. The highest BCUT2D eigenvalue weighted by Gasteiger charge is 2.42. The van der Waals surface area contributed by atoms with Gasteiger partial charge in [-0.05, 0) is 74.0 Å². The van der Waals surface area contributed by atoms with Gasteiger partial charge in [0.05, 0.1) is 17.5 Å². The number of nitrogens with zero attached hydrogens (tertiary/aromatic N) is 2. The molecule has 188 valence electrons. The molecule has 0 saturated carbocycles. The van der Waals surface area contributed by atoms with Gasteiger partial charge < -0.3 is 5.32 Å². The Morgan fingerprint density at radius 1 is 0.972 bits per heavy atom. The first-order valence-electron chi connectivity index (χ1n) is 13.0. The van der Waals surface area contributed by atoms with Crippen LogP contribution in [0.3, 0.4) is 0 Å². The smallest absolute Gasteiger partial charge is 0.251 e. The highest BCUT2D eigenvalue weighted by Crippen LogP contribution is 2.32. The van der Waals surface area contributed by atoms with Gasteiger partial charge in [0.1, 0.15) is 0 Å². The summed E-state index contributed by atoms with van der Waals surface area (Å²) in [7, 11) is 0. The molecule has 3 aliphatic rings. The van der Waals surface area contributed by atoms with E-state index in [9.17, 15) is 14.4 Å². The number of hydrogen-bond acceptors (Lipinski definition) is 4. The molecule has 7 heteroatoms. The number of amides is 3. The molecule has 2 unspecified atom stereocenters. The average Bonchev–Trinajstić information content (AvgIpc) is 2.91. The first-order valence-corrected chi connectivity index (χ1v) is 13.0. The van der Waals surface area contributed by atoms with Gasteiger partial charge in [-0.25, -0.2) is 5.01 Å². The third-order valence-corrected chi connectivity index (χ3v) is 7.65. The minimum Gasteiger partial charge on any atom is -0.348 e. The van der Waals surface area contributed by atoms with Crippen LogP contribution in [0.1, 0.15) is 54.1 Å². The van der Waals surface area contributed by atoms with Crippen molar-refractivity contribution in [1.29, 1.82) is 0 Å². The lowest BCUT2D eigenvalue weighted by Crippen LogP contribution is -2.59. The zero-order valence-corrected chi connectivity index (χ0v) is 20.8. The van der Waals surface area contributed by atoms with E-state index in [0.29, 0.717) is 30.6 Å². The summed E-state index contributed by atoms with van der Waals surface area (Å²) in [6, 6.07) is 15.2. The maximum absolute atomic E-state index is 13.0. The largest absolute Gasteiger partial charge is 0.348 e. The van der Waals surface area contributed by atoms with Gasteiger partial charge in [-0.3, -0.25) is 24.7 Å². The van der Waals surface area contributed by atoms with E-state index in [1.807, 2.05) is 12.2 Å². The Morgan fingerprint density at radius 3 is 2.42 bits per heavy atom. The van der Waals surface area contributed by atoms with E-state index in [1.165, 1.54) is 23.4 Å². The molecule has 2 heterocycles. The van der Waals surface area contributed by atoms with Crippen molar-refractivity contribution in [3.05, 3.63) is 77.4 Å². The minimum atomic E-state index is -0.359. The molecule has 0 aromatic heterocycles. The van der Waals surface area contributed by atoms with Crippen LogP contribution in [0.4, 0.5) is 5.69 Å². The van der Waals surface area contributed by atoms with E-state index in [-0.39, 0.29) is 29.6 Å². The molecule has 0 radical (unpaired) electrons. The van der Waals surface area contributed by atoms with Gasteiger partial charge in [0.15, 0.2) is 0 Å². The van der Waals surface area contributed by atoms with E-state index < -0.39 is 0 Å². The van der Waals surface area contributed by atoms with Crippen molar-refractivity contribution in [3.63, 3.8) is 0 Å². The van der Waals surface area contributed by atoms with E-state index in [0.717, 1.165) is 31.1 Å². The third kappa shape index (κ3) is 5.36. The number of benzene rings is 2. The van der Waals surface area contributed by atoms with Crippen molar-refractivity contribution in [1.82, 2.24) is 15.6 Å². The SMILES string of the molecule is CC1CCN(Cc2ccc(CNC(=O)c3cccc(N4NC(=O)C5CC=CCC5C4=O)c3)cc2)CC1. The zero-order chi connectivity index (χ0) is 25.1. The summed E-state index contributed by atoms with van der Waals surface area (Å²) in [6.45, 7) is 6.02. The van der Waals surface area contributed by atoms with Crippen LogP contribution in [0.25, 0.3) is 0 Å². The fourth-order valence-electron chi connectivity index (χ4n) is 5.29. The van der Waals surface area contributed by atoms with Crippen LogP contribution in [0.2, 0.25) is 0 Å². The zero-order valence-electron chi connectivity index (χ0n) is 20.8. The lowest BCUT2D eigenvalue weighted by atomic mass is 9.80. The molecule has 2 N–H and O–H groups in total. The van der Waals surface area contributed by atoms with E-state index >= 15 is 0 Å². The second-order valence-electron chi connectivity index (χ2n) is 10.3. The van der Waals surface area contributed by atoms with Crippen molar-refractivity contribution in [2.45, 2.75) is 45.7 Å². The molecule has 2 aromatic rings. The Kier molecular flexibility index (Phi) is 7.18. The van der Waals surface area contributed by atoms with Crippen LogP contribution < -0.4 is 15.8 Å². The molecule has 0 spiro atoms. The average molecular weight is 487 g/mol. The number of carbonyl (C=O) groups is 3. The van der Waals surface area contributed by atoms with Gasteiger partial charge in [-0.1, -0.05) is 49.4 Å².